The molecule has 1 heterocycles. The topological polar surface area (TPSA) is 61.9 Å². The number of ether oxygens (including phenoxy) is 1. The van der Waals surface area contributed by atoms with Crippen molar-refractivity contribution >= 4 is 17.7 Å². The summed E-state index contributed by atoms with van der Waals surface area (Å²) in [6.07, 6.45) is -0.504. The highest BCUT2D eigenvalue weighted by atomic mass is 16.6. The van der Waals surface area contributed by atoms with Gasteiger partial charge in [-0.05, 0) is 52.1 Å². The summed E-state index contributed by atoms with van der Waals surface area (Å²) in [7, 11) is 2.05. The first-order chi connectivity index (χ1) is 10.7. The van der Waals surface area contributed by atoms with Gasteiger partial charge in [-0.1, -0.05) is 0 Å². The number of hydrogen-bond donors (Lipinski definition) is 1. The number of carbonyl (C=O) groups excluding carboxylic acids is 2. The molecule has 0 unspecified atom stereocenters. The fraction of sp³-hybridized carbons (Fsp3) is 0.529. The Morgan fingerprint density at radius 3 is 2.13 bits per heavy atom. The van der Waals surface area contributed by atoms with Crippen molar-refractivity contribution in [1.82, 2.24) is 9.80 Å². The van der Waals surface area contributed by atoms with E-state index in [0.29, 0.717) is 11.3 Å². The Hall–Kier alpha value is -2.08. The van der Waals surface area contributed by atoms with Gasteiger partial charge in [0.2, 0.25) is 0 Å². The van der Waals surface area contributed by atoms with E-state index in [0.717, 1.165) is 26.2 Å². The smallest absolute Gasteiger partial charge is 0.412 e. The molecule has 6 heteroatoms. The van der Waals surface area contributed by atoms with Crippen LogP contribution in [-0.2, 0) is 4.74 Å². The van der Waals surface area contributed by atoms with E-state index >= 15 is 0 Å². The van der Waals surface area contributed by atoms with Crippen LogP contribution in [0.25, 0.3) is 0 Å². The molecule has 0 spiro atoms. The normalized spacial score (nSPS) is 16.1. The van der Waals surface area contributed by atoms with Gasteiger partial charge in [0.15, 0.2) is 0 Å². The average Bonchev–Trinajstić information content (AvgIpc) is 2.46. The predicted octanol–water partition coefficient (Wildman–Crippen LogP) is 2.42. The van der Waals surface area contributed by atoms with Gasteiger partial charge in [-0.2, -0.15) is 0 Å². The first-order valence-electron chi connectivity index (χ1n) is 7.82. The van der Waals surface area contributed by atoms with Crippen molar-refractivity contribution in [3.8, 4) is 0 Å². The average molecular weight is 319 g/mol. The van der Waals surface area contributed by atoms with Gasteiger partial charge in [0.1, 0.15) is 5.60 Å². The second-order valence-corrected chi connectivity index (χ2v) is 6.80. The van der Waals surface area contributed by atoms with Gasteiger partial charge in [0, 0.05) is 37.4 Å². The molecule has 1 aliphatic heterocycles. The molecule has 1 aromatic rings. The molecule has 0 aliphatic carbocycles. The van der Waals surface area contributed by atoms with E-state index in [1.165, 1.54) is 0 Å². The minimum Gasteiger partial charge on any atom is -0.444 e. The van der Waals surface area contributed by atoms with Crippen LogP contribution >= 0.6 is 0 Å². The van der Waals surface area contributed by atoms with Crippen LogP contribution in [0.4, 0.5) is 10.5 Å². The number of piperazine rings is 1. The monoisotopic (exact) mass is 319 g/mol. The molecule has 126 valence electrons. The van der Waals surface area contributed by atoms with E-state index in [2.05, 4.69) is 17.3 Å². The van der Waals surface area contributed by atoms with Gasteiger partial charge in [-0.25, -0.2) is 4.79 Å². The van der Waals surface area contributed by atoms with E-state index in [1.807, 2.05) is 25.7 Å². The lowest BCUT2D eigenvalue weighted by atomic mass is 10.1. The number of benzene rings is 1. The largest absolute Gasteiger partial charge is 0.444 e. The van der Waals surface area contributed by atoms with E-state index in [-0.39, 0.29) is 5.91 Å². The summed E-state index contributed by atoms with van der Waals surface area (Å²) in [6, 6.07) is 6.89. The molecule has 1 N–H and O–H groups in total. The number of anilines is 1. The second-order valence-electron chi connectivity index (χ2n) is 6.80. The van der Waals surface area contributed by atoms with Crippen LogP contribution in [0.3, 0.4) is 0 Å². The third kappa shape index (κ3) is 5.25. The molecule has 1 aliphatic rings. The van der Waals surface area contributed by atoms with Crippen LogP contribution in [0, 0.1) is 0 Å². The summed E-state index contributed by atoms with van der Waals surface area (Å²) < 4.78 is 5.19. The van der Waals surface area contributed by atoms with Gasteiger partial charge >= 0.3 is 6.09 Å². The number of carbonyl (C=O) groups is 2. The quantitative estimate of drug-likeness (QED) is 0.909. The van der Waals surface area contributed by atoms with Crippen molar-refractivity contribution in [3.63, 3.8) is 0 Å². The fourth-order valence-electron chi connectivity index (χ4n) is 2.31. The molecular formula is C17H25N3O3. The van der Waals surface area contributed by atoms with Crippen LogP contribution in [0.15, 0.2) is 24.3 Å². The van der Waals surface area contributed by atoms with E-state index < -0.39 is 11.7 Å². The Balaban J connectivity index is 1.94. The number of rotatable bonds is 2. The first kappa shape index (κ1) is 17.3. The lowest BCUT2D eigenvalue weighted by molar-refractivity contribution is 0.0634. The van der Waals surface area contributed by atoms with Crippen molar-refractivity contribution in [1.29, 1.82) is 0 Å². The lowest BCUT2D eigenvalue weighted by Gasteiger charge is -2.32. The zero-order chi connectivity index (χ0) is 17.0. The highest BCUT2D eigenvalue weighted by molar-refractivity contribution is 5.95. The van der Waals surface area contributed by atoms with Gasteiger partial charge in [-0.15, -0.1) is 0 Å². The minimum absolute atomic E-state index is 0.0296. The molecule has 1 aromatic carbocycles. The van der Waals surface area contributed by atoms with Gasteiger partial charge < -0.3 is 14.5 Å². The van der Waals surface area contributed by atoms with Crippen LogP contribution < -0.4 is 5.32 Å². The van der Waals surface area contributed by atoms with E-state index in [9.17, 15) is 9.59 Å². The van der Waals surface area contributed by atoms with Crippen molar-refractivity contribution in [3.05, 3.63) is 29.8 Å². The summed E-state index contributed by atoms with van der Waals surface area (Å²) in [6.45, 7) is 8.70. The standard InChI is InChI=1S/C17H25N3O3/c1-17(2,3)23-16(22)18-14-7-5-13(6-8-14)15(21)20-11-9-19(4)10-12-20/h5-8H,9-12H2,1-4H3,(H,18,22). The number of nitrogens with one attached hydrogen (secondary N) is 1. The molecule has 0 radical (unpaired) electrons. The summed E-state index contributed by atoms with van der Waals surface area (Å²) in [5.74, 6) is 0.0296. The minimum atomic E-state index is -0.540. The number of hydrogen-bond acceptors (Lipinski definition) is 4. The molecular weight excluding hydrogens is 294 g/mol. The number of nitrogens with zero attached hydrogens (tertiary/aromatic N) is 2. The van der Waals surface area contributed by atoms with Gasteiger partial charge in [0.05, 0.1) is 0 Å². The van der Waals surface area contributed by atoms with Crippen LogP contribution in [-0.4, -0.2) is 60.6 Å². The molecule has 1 saturated heterocycles. The highest BCUT2D eigenvalue weighted by Gasteiger charge is 2.20. The van der Waals surface area contributed by atoms with Crippen LogP contribution in [0.5, 0.6) is 0 Å². The number of likely N-dealkylation sites (N-methyl/N-ethyl adjacent to an activating group) is 1. The zero-order valence-electron chi connectivity index (χ0n) is 14.3. The number of amides is 2. The summed E-state index contributed by atoms with van der Waals surface area (Å²) in [5.41, 5.74) is 0.694. The maximum absolute atomic E-state index is 12.4. The Bertz CT molecular complexity index is 555. The summed E-state index contributed by atoms with van der Waals surface area (Å²) in [4.78, 5) is 28.2. The van der Waals surface area contributed by atoms with E-state index in [4.69, 9.17) is 4.74 Å². The molecule has 0 atom stereocenters. The Labute approximate surface area is 137 Å². The molecule has 0 saturated carbocycles. The van der Waals surface area contributed by atoms with Crippen molar-refractivity contribution in [2.45, 2.75) is 26.4 Å². The summed E-state index contributed by atoms with van der Waals surface area (Å²) in [5, 5.41) is 2.66. The van der Waals surface area contributed by atoms with Crippen LogP contribution in [0.2, 0.25) is 0 Å². The molecule has 1 fully saturated rings. The van der Waals surface area contributed by atoms with E-state index in [1.54, 1.807) is 24.3 Å². The van der Waals surface area contributed by atoms with Gasteiger partial charge in [-0.3, -0.25) is 10.1 Å². The SMILES string of the molecule is CN1CCN(C(=O)c2ccc(NC(=O)OC(C)(C)C)cc2)CC1. The lowest BCUT2D eigenvalue weighted by Crippen LogP contribution is -2.47. The maximum atomic E-state index is 12.4. The maximum Gasteiger partial charge on any atom is 0.412 e. The summed E-state index contributed by atoms with van der Waals surface area (Å²) >= 11 is 0. The molecule has 0 aromatic heterocycles. The van der Waals surface area contributed by atoms with Crippen molar-refractivity contribution < 1.29 is 14.3 Å². The molecule has 23 heavy (non-hydrogen) atoms. The Kier molecular flexibility index (Phi) is 5.26. The third-order valence-electron chi connectivity index (χ3n) is 3.57. The van der Waals surface area contributed by atoms with Crippen molar-refractivity contribution in [2.24, 2.45) is 0 Å². The Morgan fingerprint density at radius 1 is 1.04 bits per heavy atom. The molecule has 6 nitrogen and oxygen atoms in total. The van der Waals surface area contributed by atoms with Crippen molar-refractivity contribution in [2.75, 3.05) is 38.5 Å². The molecule has 0 bridgehead atoms. The zero-order valence-corrected chi connectivity index (χ0v) is 14.3. The molecule has 2 rings (SSSR count). The fourth-order valence-corrected chi connectivity index (χ4v) is 2.31. The highest BCUT2D eigenvalue weighted by Crippen LogP contribution is 2.15. The second kappa shape index (κ2) is 7.00. The first-order valence-corrected chi connectivity index (χ1v) is 7.82. The predicted molar refractivity (Wildman–Crippen MR) is 89.7 cm³/mol. The van der Waals surface area contributed by atoms with Gasteiger partial charge in [0.25, 0.3) is 5.91 Å². The Morgan fingerprint density at radius 2 is 1.61 bits per heavy atom. The third-order valence-corrected chi connectivity index (χ3v) is 3.57. The molecule has 2 amide bonds. The van der Waals surface area contributed by atoms with Crippen LogP contribution in [0.1, 0.15) is 31.1 Å².